The van der Waals surface area contributed by atoms with E-state index in [1.807, 2.05) is 36.4 Å². The van der Waals surface area contributed by atoms with Crippen LogP contribution >= 0.6 is 0 Å². The van der Waals surface area contributed by atoms with Gasteiger partial charge in [-0.1, -0.05) is 35.4 Å². The summed E-state index contributed by atoms with van der Waals surface area (Å²) in [6.45, 7) is 17.6. The van der Waals surface area contributed by atoms with Crippen molar-refractivity contribution in [3.63, 3.8) is 0 Å². The Morgan fingerprint density at radius 2 is 1.12 bits per heavy atom. The van der Waals surface area contributed by atoms with Crippen LogP contribution in [0.15, 0.2) is 54.6 Å². The standard InChI is InChI=1S/C21H27N2.C8H6.Ru/c1-14-9-16(3)20(17(4)10-14)22-7-8-23(13-22)21-18(5)11-15(2)12-19(21)6;1-2-8-6-4-3-5-7-8;/h9-13H,7-8H2,1-6H3;2-7H;/q-1;;+1. The number of nitrogens with zero attached hydrogens (tertiary/aromatic N) is 2. The van der Waals surface area contributed by atoms with Crippen LogP contribution in [-0.2, 0) is 17.9 Å². The molecular formula is C29H33N2Ru. The summed E-state index contributed by atoms with van der Waals surface area (Å²) < 4.78 is 2.89. The van der Waals surface area contributed by atoms with Gasteiger partial charge in [0.2, 0.25) is 0 Å². The third kappa shape index (κ3) is 5.86. The normalized spacial score (nSPS) is 12.8. The Balaban J connectivity index is 0.000000269. The molecule has 0 atom stereocenters. The monoisotopic (exact) mass is 511 g/mol. The molecular weight excluding hydrogens is 477 g/mol. The van der Waals surface area contributed by atoms with Crippen LogP contribution in [0.4, 0.5) is 11.4 Å². The van der Waals surface area contributed by atoms with Crippen LogP contribution in [0.25, 0.3) is 6.08 Å². The van der Waals surface area contributed by atoms with Crippen LogP contribution in [0.5, 0.6) is 0 Å². The van der Waals surface area contributed by atoms with Crippen molar-refractivity contribution in [2.24, 2.45) is 0 Å². The Hall–Kier alpha value is -2.47. The molecule has 4 rings (SSSR count). The van der Waals surface area contributed by atoms with Crippen molar-refractivity contribution in [3.8, 4) is 0 Å². The average molecular weight is 511 g/mol. The zero-order chi connectivity index (χ0) is 23.3. The molecule has 167 valence electrons. The maximum atomic E-state index is 2.89. The van der Waals surface area contributed by atoms with Gasteiger partial charge in [0.1, 0.15) is 0 Å². The summed E-state index contributed by atoms with van der Waals surface area (Å²) in [4.78, 5) is 4.81. The number of hydrogen-bond donors (Lipinski definition) is 0. The third-order valence-corrected chi connectivity index (χ3v) is 5.97. The molecule has 1 saturated heterocycles. The minimum absolute atomic E-state index is 1.04. The number of hydrogen-bond acceptors (Lipinski definition) is 2. The predicted molar refractivity (Wildman–Crippen MR) is 136 cm³/mol. The van der Waals surface area contributed by atoms with E-state index in [0.717, 1.165) is 13.1 Å². The van der Waals surface area contributed by atoms with E-state index in [1.54, 1.807) is 0 Å². The molecule has 3 aromatic rings. The maximum absolute atomic E-state index is 2.89. The quantitative estimate of drug-likeness (QED) is 0.288. The summed E-state index contributed by atoms with van der Waals surface area (Å²) in [5.41, 5.74) is 12.0. The Kier molecular flexibility index (Phi) is 8.24. The molecule has 0 spiro atoms. The minimum atomic E-state index is 1.04. The van der Waals surface area contributed by atoms with Crippen LogP contribution in [0.2, 0.25) is 0 Å². The summed E-state index contributed by atoms with van der Waals surface area (Å²) >= 11 is 2.34. The molecule has 32 heavy (non-hydrogen) atoms. The van der Waals surface area contributed by atoms with E-state index in [0.29, 0.717) is 0 Å². The zero-order valence-electron chi connectivity index (χ0n) is 20.0. The second kappa shape index (κ2) is 10.9. The molecule has 3 heteroatoms. The first-order chi connectivity index (χ1) is 15.3. The van der Waals surface area contributed by atoms with Crippen molar-refractivity contribution >= 4 is 21.7 Å². The number of rotatable bonds is 3. The Morgan fingerprint density at radius 1 is 0.719 bits per heavy atom. The number of benzene rings is 3. The van der Waals surface area contributed by atoms with Gasteiger partial charge >= 0.3 is 64.1 Å². The molecule has 0 amide bonds. The van der Waals surface area contributed by atoms with Crippen molar-refractivity contribution in [1.82, 2.24) is 0 Å². The first kappa shape index (κ1) is 24.2. The predicted octanol–water partition coefficient (Wildman–Crippen LogP) is 6.63. The average Bonchev–Trinajstić information content (AvgIpc) is 3.17. The molecule has 0 unspecified atom stereocenters. The molecule has 0 bridgehead atoms. The molecule has 0 saturated carbocycles. The number of anilines is 2. The second-order valence-electron chi connectivity index (χ2n) is 8.65. The Labute approximate surface area is 203 Å². The van der Waals surface area contributed by atoms with E-state index in [-0.39, 0.29) is 0 Å². The van der Waals surface area contributed by atoms with E-state index in [1.165, 1.54) is 50.3 Å². The van der Waals surface area contributed by atoms with Crippen LogP contribution in [0, 0.1) is 48.2 Å². The molecule has 0 aliphatic carbocycles. The van der Waals surface area contributed by atoms with E-state index in [9.17, 15) is 0 Å². The summed E-state index contributed by atoms with van der Waals surface area (Å²) in [5, 5.41) is 0. The first-order valence-electron chi connectivity index (χ1n) is 11.1. The van der Waals surface area contributed by atoms with E-state index in [4.69, 9.17) is 0 Å². The molecule has 1 aliphatic heterocycles. The van der Waals surface area contributed by atoms with Gasteiger partial charge in [0.05, 0.1) is 0 Å². The van der Waals surface area contributed by atoms with Crippen molar-refractivity contribution in [2.75, 3.05) is 22.9 Å². The molecule has 0 radical (unpaired) electrons. The molecule has 2 nitrogen and oxygen atoms in total. The molecule has 0 N–H and O–H groups in total. The van der Waals surface area contributed by atoms with Crippen molar-refractivity contribution in [3.05, 3.63) is 100 Å². The van der Waals surface area contributed by atoms with Gasteiger partial charge in [-0.2, -0.15) is 6.67 Å². The SMILES string of the molecule is Cc1cc(C)c(N2[CH-]N(c3c(C)cc(C)cc3C)CC2)c(C)c1.[Ru+]=[C]=Cc1ccccc1. The molecule has 3 aromatic carbocycles. The van der Waals surface area contributed by atoms with E-state index < -0.39 is 0 Å². The van der Waals surface area contributed by atoms with Crippen LogP contribution in [-0.4, -0.2) is 17.4 Å². The van der Waals surface area contributed by atoms with Gasteiger partial charge in [-0.3, -0.25) is 0 Å². The van der Waals surface area contributed by atoms with Crippen LogP contribution < -0.4 is 9.80 Å². The third-order valence-electron chi connectivity index (χ3n) is 5.72. The van der Waals surface area contributed by atoms with Gasteiger partial charge in [0.15, 0.2) is 0 Å². The Morgan fingerprint density at radius 3 is 1.50 bits per heavy atom. The van der Waals surface area contributed by atoms with Crippen molar-refractivity contribution in [1.29, 1.82) is 0 Å². The van der Waals surface area contributed by atoms with Crippen molar-refractivity contribution in [2.45, 2.75) is 41.5 Å². The molecule has 0 aromatic heterocycles. The fourth-order valence-electron chi connectivity index (χ4n) is 4.70. The van der Waals surface area contributed by atoms with Crippen molar-refractivity contribution < 1.29 is 17.9 Å². The molecule has 1 fully saturated rings. The first-order valence-corrected chi connectivity index (χ1v) is 11.9. The van der Waals surface area contributed by atoms with Gasteiger partial charge in [-0.25, -0.2) is 0 Å². The second-order valence-corrected chi connectivity index (χ2v) is 9.16. The topological polar surface area (TPSA) is 6.48 Å². The van der Waals surface area contributed by atoms with E-state index >= 15 is 0 Å². The van der Waals surface area contributed by atoms with Gasteiger partial charge in [0.25, 0.3) is 0 Å². The van der Waals surface area contributed by atoms with Gasteiger partial charge in [-0.05, 0) is 63.8 Å². The number of aryl methyl sites for hydroxylation is 6. The molecule has 1 aliphatic rings. The fraction of sp³-hybridized carbons (Fsp3) is 0.276. The Bertz CT molecular complexity index is 1020. The van der Waals surface area contributed by atoms with Crippen LogP contribution in [0.1, 0.15) is 38.9 Å². The fourth-order valence-corrected chi connectivity index (χ4v) is 4.99. The summed E-state index contributed by atoms with van der Waals surface area (Å²) in [7, 11) is 0. The van der Waals surface area contributed by atoms with Crippen LogP contribution in [0.3, 0.4) is 0 Å². The summed E-state index contributed by atoms with van der Waals surface area (Å²) in [5.74, 6) is 0. The van der Waals surface area contributed by atoms with E-state index in [2.05, 4.69) is 104 Å². The van der Waals surface area contributed by atoms with Gasteiger partial charge in [-0.15, -0.1) is 0 Å². The van der Waals surface area contributed by atoms with Gasteiger partial charge < -0.3 is 9.80 Å². The summed E-state index contributed by atoms with van der Waals surface area (Å²) in [6, 6.07) is 19.2. The molecule has 1 heterocycles. The van der Waals surface area contributed by atoms with Gasteiger partial charge in [0, 0.05) is 24.5 Å². The summed E-state index contributed by atoms with van der Waals surface area (Å²) in [6.07, 6.45) is 1.93. The zero-order valence-corrected chi connectivity index (χ0v) is 21.8.